The van der Waals surface area contributed by atoms with Gasteiger partial charge in [-0.05, 0) is 31.9 Å². The molecule has 9 heteroatoms. The van der Waals surface area contributed by atoms with Crippen LogP contribution in [0.4, 0.5) is 0 Å². The van der Waals surface area contributed by atoms with Crippen molar-refractivity contribution < 1.29 is 14.3 Å². The number of nitrogens with zero attached hydrogens (tertiary/aromatic N) is 4. The first kappa shape index (κ1) is 21.8. The summed E-state index contributed by atoms with van der Waals surface area (Å²) in [5, 5.41) is 10.9. The molecule has 1 amide bonds. The molecular formula is C23H25N5O3S. The zero-order valence-electron chi connectivity index (χ0n) is 18.7. The molecule has 0 unspecified atom stereocenters. The molecule has 0 aliphatic carbocycles. The number of pyridine rings is 1. The number of rotatable bonds is 7. The molecule has 0 aliphatic heterocycles. The van der Waals surface area contributed by atoms with E-state index in [9.17, 15) is 4.79 Å². The normalized spacial score (nSPS) is 12.0. The van der Waals surface area contributed by atoms with E-state index >= 15 is 0 Å². The van der Waals surface area contributed by atoms with Gasteiger partial charge in [0.2, 0.25) is 5.88 Å². The van der Waals surface area contributed by atoms with Crippen LogP contribution in [-0.4, -0.2) is 39.4 Å². The van der Waals surface area contributed by atoms with Gasteiger partial charge in [0.05, 0.1) is 18.5 Å². The average molecular weight is 452 g/mol. The maximum absolute atomic E-state index is 12.4. The van der Waals surface area contributed by atoms with Gasteiger partial charge in [-0.1, -0.05) is 41.2 Å². The molecule has 0 aliphatic rings. The number of aromatic nitrogens is 4. The van der Waals surface area contributed by atoms with Crippen molar-refractivity contribution in [3.05, 3.63) is 52.4 Å². The van der Waals surface area contributed by atoms with Crippen molar-refractivity contribution in [3.63, 3.8) is 0 Å². The molecule has 1 N–H and O–H groups in total. The van der Waals surface area contributed by atoms with Crippen LogP contribution in [0.1, 0.15) is 29.7 Å². The van der Waals surface area contributed by atoms with Gasteiger partial charge in [0, 0.05) is 18.5 Å². The Morgan fingerprint density at radius 1 is 1.22 bits per heavy atom. The number of fused-ring (bicyclic) bond motifs is 1. The third kappa shape index (κ3) is 4.43. The lowest BCUT2D eigenvalue weighted by Crippen LogP contribution is -2.31. The third-order valence-corrected chi connectivity index (χ3v) is 5.97. The van der Waals surface area contributed by atoms with Crippen molar-refractivity contribution in [2.75, 3.05) is 13.7 Å². The fourth-order valence-corrected chi connectivity index (χ4v) is 4.10. The van der Waals surface area contributed by atoms with Crippen molar-refractivity contribution in [1.82, 2.24) is 25.1 Å². The van der Waals surface area contributed by atoms with Gasteiger partial charge in [-0.25, -0.2) is 9.67 Å². The van der Waals surface area contributed by atoms with Crippen molar-refractivity contribution in [1.29, 1.82) is 0 Å². The van der Waals surface area contributed by atoms with E-state index in [2.05, 4.69) is 20.4 Å². The van der Waals surface area contributed by atoms with Crippen LogP contribution in [0.2, 0.25) is 0 Å². The SMILES string of the molecule is COc1nc(-c2nn(C)c3nc(OCC(=O)N[C@@H](C)c4ccc(C)cc4)cc(C)c23)cs1. The van der Waals surface area contributed by atoms with Crippen LogP contribution in [-0.2, 0) is 11.8 Å². The molecule has 8 nitrogen and oxygen atoms in total. The van der Waals surface area contributed by atoms with E-state index < -0.39 is 0 Å². The molecule has 166 valence electrons. The van der Waals surface area contributed by atoms with Crippen LogP contribution in [0.15, 0.2) is 35.7 Å². The first-order valence-corrected chi connectivity index (χ1v) is 11.1. The molecule has 0 fully saturated rings. The molecule has 0 saturated carbocycles. The van der Waals surface area contributed by atoms with Crippen molar-refractivity contribution in [2.24, 2.45) is 7.05 Å². The Morgan fingerprint density at radius 2 is 1.97 bits per heavy atom. The minimum absolute atomic E-state index is 0.112. The summed E-state index contributed by atoms with van der Waals surface area (Å²) in [6.07, 6.45) is 0. The largest absolute Gasteiger partial charge is 0.473 e. The van der Waals surface area contributed by atoms with Crippen LogP contribution in [0.25, 0.3) is 22.4 Å². The van der Waals surface area contributed by atoms with Crippen molar-refractivity contribution in [2.45, 2.75) is 26.8 Å². The summed E-state index contributed by atoms with van der Waals surface area (Å²) in [6.45, 7) is 5.82. The molecule has 0 spiro atoms. The molecule has 4 rings (SSSR count). The van der Waals surface area contributed by atoms with Crippen LogP contribution in [0.3, 0.4) is 0 Å². The standard InChI is InChI=1S/C23H25N5O3S/c1-13-6-8-16(9-7-13)15(3)24-18(29)11-31-19-10-14(2)20-21(27-28(4)22(20)26-19)17-12-32-23(25-17)30-5/h6-10,12,15H,11H2,1-5H3,(H,24,29)/t15-/m0/s1. The Labute approximate surface area is 190 Å². The molecule has 3 aromatic heterocycles. The number of benzene rings is 1. The Balaban J connectivity index is 1.48. The number of carbonyl (C=O) groups excluding carboxylic acids is 1. The average Bonchev–Trinajstić information content (AvgIpc) is 3.37. The van der Waals surface area contributed by atoms with Gasteiger partial charge >= 0.3 is 0 Å². The lowest BCUT2D eigenvalue weighted by molar-refractivity contribution is -0.123. The molecule has 1 atom stereocenters. The predicted octanol–water partition coefficient (Wildman–Crippen LogP) is 3.97. The molecule has 4 aromatic rings. The minimum Gasteiger partial charge on any atom is -0.473 e. The second-order valence-corrected chi connectivity index (χ2v) is 8.46. The van der Waals surface area contributed by atoms with Crippen molar-refractivity contribution in [3.8, 4) is 22.5 Å². The molecular weight excluding hydrogens is 426 g/mol. The molecule has 0 saturated heterocycles. The number of aryl methyl sites for hydroxylation is 3. The Morgan fingerprint density at radius 3 is 2.66 bits per heavy atom. The van der Waals surface area contributed by atoms with Gasteiger partial charge in [-0.3, -0.25) is 4.79 Å². The maximum Gasteiger partial charge on any atom is 0.273 e. The summed E-state index contributed by atoms with van der Waals surface area (Å²) in [5.74, 6) is 0.163. The lowest BCUT2D eigenvalue weighted by atomic mass is 10.1. The summed E-state index contributed by atoms with van der Waals surface area (Å²) in [7, 11) is 3.41. The molecule has 0 bridgehead atoms. The highest BCUT2D eigenvalue weighted by atomic mass is 32.1. The topological polar surface area (TPSA) is 91.2 Å². The second kappa shape index (κ2) is 8.96. The molecule has 32 heavy (non-hydrogen) atoms. The number of hydrogen-bond donors (Lipinski definition) is 1. The Kier molecular flexibility index (Phi) is 6.09. The van der Waals surface area contributed by atoms with E-state index in [1.807, 2.05) is 63.5 Å². The van der Waals surface area contributed by atoms with E-state index in [0.29, 0.717) is 16.7 Å². The predicted molar refractivity (Wildman–Crippen MR) is 124 cm³/mol. The fourth-order valence-electron chi connectivity index (χ4n) is 3.47. The molecule has 1 aromatic carbocycles. The van der Waals surface area contributed by atoms with Crippen LogP contribution in [0.5, 0.6) is 11.1 Å². The number of carbonyl (C=O) groups is 1. The summed E-state index contributed by atoms with van der Waals surface area (Å²) in [6, 6.07) is 9.78. The third-order valence-electron chi connectivity index (χ3n) is 5.17. The molecule has 3 heterocycles. The van der Waals surface area contributed by atoms with Gasteiger partial charge in [-0.2, -0.15) is 10.1 Å². The highest BCUT2D eigenvalue weighted by molar-refractivity contribution is 7.11. The molecule has 0 radical (unpaired) electrons. The van der Waals surface area contributed by atoms with E-state index in [4.69, 9.17) is 9.47 Å². The summed E-state index contributed by atoms with van der Waals surface area (Å²) >= 11 is 1.41. The first-order chi connectivity index (χ1) is 15.4. The van der Waals surface area contributed by atoms with Crippen LogP contribution in [0, 0.1) is 13.8 Å². The van der Waals surface area contributed by atoms with Gasteiger partial charge in [0.15, 0.2) is 12.3 Å². The number of hydrogen-bond acceptors (Lipinski definition) is 7. The van der Waals surface area contributed by atoms with E-state index in [0.717, 1.165) is 27.9 Å². The van der Waals surface area contributed by atoms with Gasteiger partial charge < -0.3 is 14.8 Å². The van der Waals surface area contributed by atoms with E-state index in [1.54, 1.807) is 11.8 Å². The van der Waals surface area contributed by atoms with Crippen LogP contribution >= 0.6 is 11.3 Å². The number of ether oxygens (including phenoxy) is 2. The first-order valence-electron chi connectivity index (χ1n) is 10.2. The minimum atomic E-state index is -0.210. The number of thiazole rings is 1. The zero-order valence-corrected chi connectivity index (χ0v) is 19.5. The highest BCUT2D eigenvalue weighted by Crippen LogP contribution is 2.33. The highest BCUT2D eigenvalue weighted by Gasteiger charge is 2.19. The quantitative estimate of drug-likeness (QED) is 0.457. The second-order valence-electron chi connectivity index (χ2n) is 7.64. The lowest BCUT2D eigenvalue weighted by Gasteiger charge is -2.15. The smallest absolute Gasteiger partial charge is 0.273 e. The van der Waals surface area contributed by atoms with Crippen molar-refractivity contribution >= 4 is 28.3 Å². The Bertz CT molecular complexity index is 1260. The number of nitrogens with one attached hydrogen (secondary N) is 1. The number of amides is 1. The van der Waals surface area contributed by atoms with E-state index in [-0.39, 0.29) is 18.6 Å². The fraction of sp³-hybridized carbons (Fsp3) is 0.304. The van der Waals surface area contributed by atoms with E-state index in [1.165, 1.54) is 16.9 Å². The van der Waals surface area contributed by atoms with Gasteiger partial charge in [0.1, 0.15) is 11.4 Å². The zero-order chi connectivity index (χ0) is 22.8. The number of methoxy groups -OCH3 is 1. The summed E-state index contributed by atoms with van der Waals surface area (Å²) in [4.78, 5) is 21.4. The summed E-state index contributed by atoms with van der Waals surface area (Å²) < 4.78 is 12.6. The Hall–Kier alpha value is -3.46. The maximum atomic E-state index is 12.4. The summed E-state index contributed by atoms with van der Waals surface area (Å²) in [5.41, 5.74) is 5.30. The van der Waals surface area contributed by atoms with Gasteiger partial charge in [0.25, 0.3) is 11.1 Å². The van der Waals surface area contributed by atoms with Crippen LogP contribution < -0.4 is 14.8 Å². The monoisotopic (exact) mass is 451 g/mol. The van der Waals surface area contributed by atoms with Gasteiger partial charge in [-0.15, -0.1) is 0 Å².